The SMILES string of the molecule is CC1(c2cccc(-n3cnnn3)c2)NC(=O)N(CC(=O)Nc2ccccc2Sc2ccccc2)C1=O. The van der Waals surface area contributed by atoms with Crippen LogP contribution in [0, 0.1) is 0 Å². The van der Waals surface area contributed by atoms with Crippen molar-refractivity contribution in [1.82, 2.24) is 30.4 Å². The van der Waals surface area contributed by atoms with Gasteiger partial charge in [-0.15, -0.1) is 5.10 Å². The Morgan fingerprint density at radius 1 is 1.03 bits per heavy atom. The van der Waals surface area contributed by atoms with Gasteiger partial charge in [-0.2, -0.15) is 0 Å². The Kier molecular flexibility index (Phi) is 6.21. The maximum Gasteiger partial charge on any atom is 0.325 e. The lowest BCUT2D eigenvalue weighted by Gasteiger charge is -2.22. The molecule has 4 amide bonds. The lowest BCUT2D eigenvalue weighted by molar-refractivity contribution is -0.133. The highest BCUT2D eigenvalue weighted by atomic mass is 32.2. The van der Waals surface area contributed by atoms with Crippen LogP contribution in [0.3, 0.4) is 0 Å². The molecule has 1 atom stereocenters. The summed E-state index contributed by atoms with van der Waals surface area (Å²) in [5.74, 6) is -1.00. The van der Waals surface area contributed by atoms with Gasteiger partial charge in [0.1, 0.15) is 18.4 Å². The molecule has 2 heterocycles. The molecular weight excluding hydrogens is 478 g/mol. The Balaban J connectivity index is 1.31. The number of benzene rings is 3. The molecule has 2 N–H and O–H groups in total. The number of rotatable bonds is 7. The molecule has 36 heavy (non-hydrogen) atoms. The predicted molar refractivity (Wildman–Crippen MR) is 132 cm³/mol. The number of para-hydroxylation sites is 1. The first-order chi connectivity index (χ1) is 17.4. The van der Waals surface area contributed by atoms with E-state index in [1.165, 1.54) is 22.8 Å². The third-order valence-corrected chi connectivity index (χ3v) is 6.83. The second kappa shape index (κ2) is 9.62. The number of tetrazole rings is 1. The van der Waals surface area contributed by atoms with E-state index in [0.717, 1.165) is 14.7 Å². The van der Waals surface area contributed by atoms with E-state index in [0.29, 0.717) is 16.9 Å². The summed E-state index contributed by atoms with van der Waals surface area (Å²) < 4.78 is 1.45. The molecule has 1 unspecified atom stereocenters. The van der Waals surface area contributed by atoms with Crippen molar-refractivity contribution in [3.8, 4) is 5.69 Å². The molecule has 0 aliphatic carbocycles. The first kappa shape index (κ1) is 23.2. The third kappa shape index (κ3) is 4.56. The molecule has 1 aliphatic heterocycles. The van der Waals surface area contributed by atoms with Crippen molar-refractivity contribution < 1.29 is 14.4 Å². The lowest BCUT2D eigenvalue weighted by Crippen LogP contribution is -2.42. The van der Waals surface area contributed by atoms with Gasteiger partial charge in [-0.25, -0.2) is 9.48 Å². The molecule has 10 nitrogen and oxygen atoms in total. The van der Waals surface area contributed by atoms with Crippen molar-refractivity contribution in [2.75, 3.05) is 11.9 Å². The number of urea groups is 1. The van der Waals surface area contributed by atoms with E-state index in [-0.39, 0.29) is 0 Å². The van der Waals surface area contributed by atoms with Crippen LogP contribution in [0.25, 0.3) is 5.69 Å². The number of aromatic nitrogens is 4. The van der Waals surface area contributed by atoms with E-state index in [9.17, 15) is 14.4 Å². The number of anilines is 1. The van der Waals surface area contributed by atoms with Gasteiger partial charge in [0.05, 0.1) is 11.4 Å². The van der Waals surface area contributed by atoms with Gasteiger partial charge in [0.2, 0.25) is 5.91 Å². The van der Waals surface area contributed by atoms with E-state index in [1.807, 2.05) is 48.5 Å². The smallest absolute Gasteiger partial charge is 0.323 e. The van der Waals surface area contributed by atoms with Crippen LogP contribution in [-0.4, -0.2) is 49.5 Å². The molecule has 1 fully saturated rings. The van der Waals surface area contributed by atoms with Crippen LogP contribution in [0.2, 0.25) is 0 Å². The van der Waals surface area contributed by atoms with E-state index in [4.69, 9.17) is 0 Å². The van der Waals surface area contributed by atoms with Crippen molar-refractivity contribution in [3.05, 3.63) is 90.8 Å². The monoisotopic (exact) mass is 499 g/mol. The molecular formula is C25H21N7O3S. The van der Waals surface area contributed by atoms with Crippen LogP contribution >= 0.6 is 11.8 Å². The van der Waals surface area contributed by atoms with Crippen molar-refractivity contribution in [2.45, 2.75) is 22.3 Å². The standard InChI is InChI=1S/C25H21N7O3S/c1-25(17-8-7-9-18(14-17)32-16-26-29-30-32)23(34)31(24(35)28-25)15-22(33)27-20-12-5-6-13-21(20)36-19-10-3-2-4-11-19/h2-14,16H,15H2,1H3,(H,27,33)(H,28,35). The summed E-state index contributed by atoms with van der Waals surface area (Å²) >= 11 is 1.51. The van der Waals surface area contributed by atoms with E-state index < -0.39 is 29.9 Å². The average molecular weight is 500 g/mol. The van der Waals surface area contributed by atoms with Crippen molar-refractivity contribution >= 4 is 35.3 Å². The summed E-state index contributed by atoms with van der Waals surface area (Å²) in [7, 11) is 0. The fourth-order valence-corrected chi connectivity index (χ4v) is 4.81. The normalized spacial score (nSPS) is 17.2. The van der Waals surface area contributed by atoms with Gasteiger partial charge in [-0.05, 0) is 59.3 Å². The number of nitrogens with zero attached hydrogens (tertiary/aromatic N) is 5. The van der Waals surface area contributed by atoms with E-state index in [1.54, 1.807) is 37.3 Å². The van der Waals surface area contributed by atoms with Gasteiger partial charge in [0.25, 0.3) is 5.91 Å². The summed E-state index contributed by atoms with van der Waals surface area (Å²) in [4.78, 5) is 41.8. The van der Waals surface area contributed by atoms with Gasteiger partial charge in [-0.3, -0.25) is 14.5 Å². The highest BCUT2D eigenvalue weighted by Crippen LogP contribution is 2.33. The third-order valence-electron chi connectivity index (χ3n) is 5.75. The molecule has 3 aromatic carbocycles. The second-order valence-corrected chi connectivity index (χ2v) is 9.33. The highest BCUT2D eigenvalue weighted by Gasteiger charge is 2.49. The maximum absolute atomic E-state index is 13.3. The Morgan fingerprint density at radius 2 is 1.81 bits per heavy atom. The zero-order chi connectivity index (χ0) is 25.1. The quantitative estimate of drug-likeness (QED) is 0.374. The minimum atomic E-state index is -1.34. The lowest BCUT2D eigenvalue weighted by atomic mass is 9.91. The predicted octanol–water partition coefficient (Wildman–Crippen LogP) is 3.22. The molecule has 5 rings (SSSR count). The molecule has 1 aliphatic rings. The molecule has 0 radical (unpaired) electrons. The van der Waals surface area contributed by atoms with Gasteiger partial charge in [0, 0.05) is 9.79 Å². The Labute approximate surface area is 210 Å². The van der Waals surface area contributed by atoms with Crippen LogP contribution in [0.4, 0.5) is 10.5 Å². The Bertz CT molecular complexity index is 1430. The Morgan fingerprint density at radius 3 is 2.58 bits per heavy atom. The molecule has 1 aromatic heterocycles. The number of carbonyl (C=O) groups is 3. The molecule has 1 saturated heterocycles. The number of hydrogen-bond donors (Lipinski definition) is 2. The first-order valence-electron chi connectivity index (χ1n) is 11.0. The fraction of sp³-hybridized carbons (Fsp3) is 0.120. The number of hydrogen-bond acceptors (Lipinski definition) is 7. The molecule has 0 bridgehead atoms. The van der Waals surface area contributed by atoms with Gasteiger partial charge >= 0.3 is 6.03 Å². The van der Waals surface area contributed by atoms with Crippen LogP contribution in [0.5, 0.6) is 0 Å². The van der Waals surface area contributed by atoms with E-state index in [2.05, 4.69) is 26.2 Å². The van der Waals surface area contributed by atoms with Gasteiger partial charge < -0.3 is 10.6 Å². The van der Waals surface area contributed by atoms with Gasteiger partial charge in [0.15, 0.2) is 0 Å². The topological polar surface area (TPSA) is 122 Å². The second-order valence-electron chi connectivity index (χ2n) is 8.21. The minimum absolute atomic E-state index is 0.419. The minimum Gasteiger partial charge on any atom is -0.323 e. The molecule has 4 aromatic rings. The summed E-state index contributed by atoms with van der Waals surface area (Å²) in [5.41, 5.74) is 0.425. The fourth-order valence-electron chi connectivity index (χ4n) is 3.88. The zero-order valence-corrected chi connectivity index (χ0v) is 20.0. The number of imide groups is 1. The average Bonchev–Trinajstić information content (AvgIpc) is 3.50. The van der Waals surface area contributed by atoms with Crippen LogP contribution in [0.1, 0.15) is 12.5 Å². The van der Waals surface area contributed by atoms with Crippen molar-refractivity contribution in [3.63, 3.8) is 0 Å². The van der Waals surface area contributed by atoms with E-state index >= 15 is 0 Å². The molecule has 11 heteroatoms. The summed E-state index contributed by atoms with van der Waals surface area (Å²) in [6.45, 7) is 1.19. The summed E-state index contributed by atoms with van der Waals surface area (Å²) in [6.07, 6.45) is 1.43. The molecule has 0 saturated carbocycles. The van der Waals surface area contributed by atoms with Crippen LogP contribution in [-0.2, 0) is 15.1 Å². The van der Waals surface area contributed by atoms with Crippen molar-refractivity contribution in [1.29, 1.82) is 0 Å². The number of amides is 4. The van der Waals surface area contributed by atoms with Crippen LogP contribution < -0.4 is 10.6 Å². The molecule has 180 valence electrons. The largest absolute Gasteiger partial charge is 0.325 e. The van der Waals surface area contributed by atoms with Crippen molar-refractivity contribution in [2.24, 2.45) is 0 Å². The Hall–Kier alpha value is -4.51. The highest BCUT2D eigenvalue weighted by molar-refractivity contribution is 7.99. The summed E-state index contributed by atoms with van der Waals surface area (Å²) in [6, 6.07) is 23.5. The molecule has 0 spiro atoms. The van der Waals surface area contributed by atoms with Gasteiger partial charge in [-0.1, -0.05) is 54.2 Å². The number of carbonyl (C=O) groups excluding carboxylic acids is 3. The van der Waals surface area contributed by atoms with Crippen LogP contribution in [0.15, 0.2) is 95.0 Å². The summed E-state index contributed by atoms with van der Waals surface area (Å²) in [5, 5.41) is 16.7. The first-order valence-corrected chi connectivity index (χ1v) is 11.9. The maximum atomic E-state index is 13.3. The number of nitrogens with one attached hydrogen (secondary N) is 2. The zero-order valence-electron chi connectivity index (χ0n) is 19.2.